The number of hydrogen-bond donors (Lipinski definition) is 1. The number of rotatable bonds is 5. The molecular weight excluding hydrogens is 202 g/mol. The lowest BCUT2D eigenvalue weighted by Crippen LogP contribution is -2.33. The summed E-state index contributed by atoms with van der Waals surface area (Å²) in [6, 6.07) is 3.92. The SMILES string of the molecule is CC(N)CN(C)c1ncccc1OC(C)C. The average Bonchev–Trinajstić information content (AvgIpc) is 2.16. The molecule has 4 nitrogen and oxygen atoms in total. The van der Waals surface area contributed by atoms with Crippen molar-refractivity contribution < 1.29 is 4.74 Å². The third-order valence-corrected chi connectivity index (χ3v) is 2.04. The fourth-order valence-corrected chi connectivity index (χ4v) is 1.53. The van der Waals surface area contributed by atoms with Crippen LogP contribution in [0, 0.1) is 0 Å². The van der Waals surface area contributed by atoms with E-state index in [0.29, 0.717) is 0 Å². The van der Waals surface area contributed by atoms with Gasteiger partial charge in [-0.1, -0.05) is 0 Å². The second-order valence-electron chi connectivity index (χ2n) is 4.35. The first-order chi connectivity index (χ1) is 7.50. The molecule has 1 aromatic heterocycles. The van der Waals surface area contributed by atoms with Crippen molar-refractivity contribution in [2.24, 2.45) is 5.73 Å². The highest BCUT2D eigenvalue weighted by Gasteiger charge is 2.11. The summed E-state index contributed by atoms with van der Waals surface area (Å²) in [7, 11) is 1.97. The van der Waals surface area contributed by atoms with Gasteiger partial charge in [0, 0.05) is 25.8 Å². The zero-order valence-corrected chi connectivity index (χ0v) is 10.5. The highest BCUT2D eigenvalue weighted by atomic mass is 16.5. The molecular formula is C12H21N3O. The van der Waals surface area contributed by atoms with Crippen molar-refractivity contribution in [1.82, 2.24) is 4.98 Å². The Kier molecular flexibility index (Phi) is 4.55. The van der Waals surface area contributed by atoms with Crippen LogP contribution in [0.4, 0.5) is 5.82 Å². The average molecular weight is 223 g/mol. The number of ether oxygens (including phenoxy) is 1. The van der Waals surface area contributed by atoms with E-state index in [2.05, 4.69) is 4.98 Å². The van der Waals surface area contributed by atoms with Gasteiger partial charge in [-0.3, -0.25) is 0 Å². The van der Waals surface area contributed by atoms with Crippen molar-refractivity contribution in [2.75, 3.05) is 18.5 Å². The van der Waals surface area contributed by atoms with Crippen LogP contribution in [0.3, 0.4) is 0 Å². The van der Waals surface area contributed by atoms with E-state index in [0.717, 1.165) is 18.1 Å². The third-order valence-electron chi connectivity index (χ3n) is 2.04. The van der Waals surface area contributed by atoms with Crippen molar-refractivity contribution in [3.8, 4) is 5.75 Å². The zero-order chi connectivity index (χ0) is 12.1. The molecule has 0 saturated carbocycles. The highest BCUT2D eigenvalue weighted by molar-refractivity contribution is 5.51. The van der Waals surface area contributed by atoms with Crippen LogP contribution in [0.5, 0.6) is 5.75 Å². The lowest BCUT2D eigenvalue weighted by molar-refractivity contribution is 0.242. The van der Waals surface area contributed by atoms with Gasteiger partial charge >= 0.3 is 0 Å². The second-order valence-corrected chi connectivity index (χ2v) is 4.35. The summed E-state index contributed by atoms with van der Waals surface area (Å²) in [5.74, 6) is 1.65. The molecule has 1 heterocycles. The topological polar surface area (TPSA) is 51.4 Å². The van der Waals surface area contributed by atoms with Gasteiger partial charge in [0.2, 0.25) is 0 Å². The molecule has 0 aliphatic carbocycles. The van der Waals surface area contributed by atoms with Crippen LogP contribution in [0.25, 0.3) is 0 Å². The van der Waals surface area contributed by atoms with Crippen LogP contribution in [-0.2, 0) is 0 Å². The largest absolute Gasteiger partial charge is 0.487 e. The van der Waals surface area contributed by atoms with Crippen molar-refractivity contribution in [2.45, 2.75) is 32.9 Å². The maximum atomic E-state index is 5.77. The van der Waals surface area contributed by atoms with E-state index in [-0.39, 0.29) is 12.1 Å². The summed E-state index contributed by atoms with van der Waals surface area (Å²) in [6.07, 6.45) is 1.91. The minimum Gasteiger partial charge on any atom is -0.487 e. The van der Waals surface area contributed by atoms with Crippen molar-refractivity contribution in [3.05, 3.63) is 18.3 Å². The molecule has 1 rings (SSSR count). The molecule has 16 heavy (non-hydrogen) atoms. The normalized spacial score (nSPS) is 12.6. The quantitative estimate of drug-likeness (QED) is 0.824. The molecule has 4 heteroatoms. The van der Waals surface area contributed by atoms with Gasteiger partial charge in [0.1, 0.15) is 0 Å². The van der Waals surface area contributed by atoms with E-state index in [1.165, 1.54) is 0 Å². The zero-order valence-electron chi connectivity index (χ0n) is 10.5. The summed E-state index contributed by atoms with van der Waals surface area (Å²) >= 11 is 0. The van der Waals surface area contributed by atoms with Crippen LogP contribution < -0.4 is 15.4 Å². The van der Waals surface area contributed by atoms with Crippen molar-refractivity contribution in [1.29, 1.82) is 0 Å². The van der Waals surface area contributed by atoms with Gasteiger partial charge in [-0.15, -0.1) is 0 Å². The van der Waals surface area contributed by atoms with E-state index in [1.807, 2.05) is 44.9 Å². The number of pyridine rings is 1. The standard InChI is InChI=1S/C12H21N3O/c1-9(2)16-11-6-5-7-14-12(11)15(4)8-10(3)13/h5-7,9-10H,8,13H2,1-4H3. The number of anilines is 1. The molecule has 0 aliphatic heterocycles. The predicted octanol–water partition coefficient (Wildman–Crippen LogP) is 1.65. The Balaban J connectivity index is 2.85. The minimum atomic E-state index is 0.110. The molecule has 1 unspecified atom stereocenters. The Bertz CT molecular complexity index is 326. The van der Waals surface area contributed by atoms with Gasteiger partial charge < -0.3 is 15.4 Å². The second kappa shape index (κ2) is 5.70. The molecule has 0 amide bonds. The summed E-state index contributed by atoms with van der Waals surface area (Å²) < 4.78 is 5.70. The molecule has 0 radical (unpaired) electrons. The molecule has 0 fully saturated rings. The summed E-state index contributed by atoms with van der Waals surface area (Å²) in [4.78, 5) is 6.35. The Hall–Kier alpha value is -1.29. The molecule has 90 valence electrons. The Morgan fingerprint density at radius 2 is 2.12 bits per heavy atom. The lowest BCUT2D eigenvalue weighted by Gasteiger charge is -2.23. The van der Waals surface area contributed by atoms with E-state index in [1.54, 1.807) is 6.20 Å². The number of aromatic nitrogens is 1. The van der Waals surface area contributed by atoms with E-state index < -0.39 is 0 Å². The fourth-order valence-electron chi connectivity index (χ4n) is 1.53. The van der Waals surface area contributed by atoms with Crippen LogP contribution in [0.1, 0.15) is 20.8 Å². The predicted molar refractivity (Wildman–Crippen MR) is 66.9 cm³/mol. The monoisotopic (exact) mass is 223 g/mol. The third kappa shape index (κ3) is 3.70. The van der Waals surface area contributed by atoms with Gasteiger partial charge in [-0.05, 0) is 32.9 Å². The first kappa shape index (κ1) is 12.8. The first-order valence-electron chi connectivity index (χ1n) is 5.59. The van der Waals surface area contributed by atoms with Crippen molar-refractivity contribution in [3.63, 3.8) is 0 Å². The summed E-state index contributed by atoms with van der Waals surface area (Å²) in [5, 5.41) is 0. The molecule has 1 aromatic rings. The molecule has 0 spiro atoms. The Morgan fingerprint density at radius 3 is 2.69 bits per heavy atom. The number of likely N-dealkylation sites (N-methyl/N-ethyl adjacent to an activating group) is 1. The van der Waals surface area contributed by atoms with Gasteiger partial charge in [-0.2, -0.15) is 0 Å². The smallest absolute Gasteiger partial charge is 0.171 e. The number of nitrogens with two attached hydrogens (primary N) is 1. The van der Waals surface area contributed by atoms with Crippen LogP contribution in [0.2, 0.25) is 0 Å². The molecule has 0 saturated heterocycles. The van der Waals surface area contributed by atoms with E-state index in [4.69, 9.17) is 10.5 Å². The first-order valence-corrected chi connectivity index (χ1v) is 5.59. The van der Waals surface area contributed by atoms with Crippen LogP contribution >= 0.6 is 0 Å². The minimum absolute atomic E-state index is 0.110. The molecule has 2 N–H and O–H groups in total. The Morgan fingerprint density at radius 1 is 1.44 bits per heavy atom. The highest BCUT2D eigenvalue weighted by Crippen LogP contribution is 2.25. The molecule has 0 aliphatic rings. The molecule has 0 bridgehead atoms. The molecule has 0 aromatic carbocycles. The van der Waals surface area contributed by atoms with Gasteiger partial charge in [0.15, 0.2) is 11.6 Å². The lowest BCUT2D eigenvalue weighted by atomic mass is 10.3. The van der Waals surface area contributed by atoms with E-state index in [9.17, 15) is 0 Å². The van der Waals surface area contributed by atoms with Crippen LogP contribution in [-0.4, -0.2) is 30.7 Å². The summed E-state index contributed by atoms with van der Waals surface area (Å²) in [5.41, 5.74) is 5.77. The van der Waals surface area contributed by atoms with Gasteiger partial charge in [0.05, 0.1) is 6.10 Å². The Labute approximate surface area is 97.4 Å². The van der Waals surface area contributed by atoms with Gasteiger partial charge in [-0.25, -0.2) is 4.98 Å². The maximum Gasteiger partial charge on any atom is 0.171 e. The van der Waals surface area contributed by atoms with Crippen molar-refractivity contribution >= 4 is 5.82 Å². The van der Waals surface area contributed by atoms with Gasteiger partial charge in [0.25, 0.3) is 0 Å². The maximum absolute atomic E-state index is 5.77. The van der Waals surface area contributed by atoms with Crippen LogP contribution in [0.15, 0.2) is 18.3 Å². The summed E-state index contributed by atoms with van der Waals surface area (Å²) in [6.45, 7) is 6.73. The fraction of sp³-hybridized carbons (Fsp3) is 0.583. The number of hydrogen-bond acceptors (Lipinski definition) is 4. The molecule has 1 atom stereocenters. The van der Waals surface area contributed by atoms with E-state index >= 15 is 0 Å². The number of nitrogens with zero attached hydrogens (tertiary/aromatic N) is 2.